The van der Waals surface area contributed by atoms with Crippen LogP contribution in [0.4, 0.5) is 5.69 Å². The average Bonchev–Trinajstić information content (AvgIpc) is 3.20. The predicted molar refractivity (Wildman–Crippen MR) is 78.9 cm³/mol. The molecule has 3 nitrogen and oxygen atoms in total. The summed E-state index contributed by atoms with van der Waals surface area (Å²) in [4.78, 5) is 2.31. The topological polar surface area (TPSA) is 24.5 Å². The molecule has 2 fully saturated rings. The second-order valence-corrected chi connectivity index (χ2v) is 5.98. The van der Waals surface area contributed by atoms with E-state index in [2.05, 4.69) is 35.3 Å². The van der Waals surface area contributed by atoms with Crippen LogP contribution in [0.5, 0.6) is 0 Å². The van der Waals surface area contributed by atoms with Crippen LogP contribution in [-0.2, 0) is 11.3 Å². The van der Waals surface area contributed by atoms with E-state index < -0.39 is 0 Å². The van der Waals surface area contributed by atoms with Gasteiger partial charge in [0.25, 0.3) is 0 Å². The molecule has 1 aliphatic carbocycles. The van der Waals surface area contributed by atoms with E-state index in [1.54, 1.807) is 0 Å². The molecular weight excluding hydrogens is 260 g/mol. The molecule has 1 unspecified atom stereocenters. The largest absolute Gasteiger partial charge is 0.375 e. The van der Waals surface area contributed by atoms with Crippen molar-refractivity contribution in [2.75, 3.05) is 24.6 Å². The number of anilines is 1. The lowest BCUT2D eigenvalue weighted by atomic mass is 10.1. The predicted octanol–water partition coefficient (Wildman–Crippen LogP) is 2.82. The molecule has 1 heterocycles. The summed E-state index contributed by atoms with van der Waals surface area (Å²) in [7, 11) is 0. The average molecular weight is 281 g/mol. The molecule has 0 amide bonds. The minimum atomic E-state index is 0.279. The first-order valence-corrected chi connectivity index (χ1v) is 7.48. The zero-order valence-electron chi connectivity index (χ0n) is 11.4. The number of halogens is 1. The number of hydrogen-bond donors (Lipinski definition) is 1. The lowest BCUT2D eigenvalue weighted by Crippen LogP contribution is -2.41. The van der Waals surface area contributed by atoms with Gasteiger partial charge in [0.05, 0.1) is 23.4 Å². The minimum absolute atomic E-state index is 0.279. The van der Waals surface area contributed by atoms with Crippen molar-refractivity contribution in [2.24, 2.45) is 0 Å². The molecule has 1 atom stereocenters. The number of rotatable bonds is 4. The van der Waals surface area contributed by atoms with E-state index in [1.807, 2.05) is 0 Å². The molecular formula is C15H21ClN2O. The zero-order chi connectivity index (χ0) is 13.2. The monoisotopic (exact) mass is 280 g/mol. The van der Waals surface area contributed by atoms with E-state index in [4.69, 9.17) is 16.3 Å². The molecule has 0 radical (unpaired) electrons. The van der Waals surface area contributed by atoms with Crippen molar-refractivity contribution < 1.29 is 4.74 Å². The highest BCUT2D eigenvalue weighted by molar-refractivity contribution is 6.33. The second kappa shape index (κ2) is 5.70. The van der Waals surface area contributed by atoms with Gasteiger partial charge in [-0.05, 0) is 37.5 Å². The van der Waals surface area contributed by atoms with Crippen LogP contribution in [-0.4, -0.2) is 31.8 Å². The van der Waals surface area contributed by atoms with Crippen molar-refractivity contribution in [3.63, 3.8) is 0 Å². The summed E-state index contributed by atoms with van der Waals surface area (Å²) in [6.45, 7) is 5.64. The molecule has 3 rings (SSSR count). The smallest absolute Gasteiger partial charge is 0.0722 e. The van der Waals surface area contributed by atoms with Crippen molar-refractivity contribution in [2.45, 2.75) is 38.5 Å². The summed E-state index contributed by atoms with van der Waals surface area (Å²) in [5.74, 6) is 0. The quantitative estimate of drug-likeness (QED) is 0.918. The minimum Gasteiger partial charge on any atom is -0.375 e. The molecule has 0 bridgehead atoms. The number of benzene rings is 1. The van der Waals surface area contributed by atoms with Crippen LogP contribution < -0.4 is 10.2 Å². The standard InChI is InChI=1S/C15H21ClN2O/c1-11-10-18(6-7-19-11)15-5-2-12(8-14(15)16)9-17-13-3-4-13/h2,5,8,11,13,17H,3-4,6-7,9-10H2,1H3. The van der Waals surface area contributed by atoms with E-state index in [0.717, 1.165) is 43.0 Å². The Morgan fingerprint density at radius 2 is 2.26 bits per heavy atom. The summed E-state index contributed by atoms with van der Waals surface area (Å²) < 4.78 is 5.57. The van der Waals surface area contributed by atoms with Crippen molar-refractivity contribution in [1.82, 2.24) is 5.32 Å². The van der Waals surface area contributed by atoms with E-state index in [0.29, 0.717) is 0 Å². The van der Waals surface area contributed by atoms with Gasteiger partial charge in [-0.2, -0.15) is 0 Å². The van der Waals surface area contributed by atoms with Crippen molar-refractivity contribution >= 4 is 17.3 Å². The highest BCUT2D eigenvalue weighted by Gasteiger charge is 2.21. The number of ether oxygens (including phenoxy) is 1. The molecule has 1 saturated heterocycles. The molecule has 2 aliphatic rings. The number of nitrogens with zero attached hydrogens (tertiary/aromatic N) is 1. The van der Waals surface area contributed by atoms with E-state index >= 15 is 0 Å². The van der Waals surface area contributed by atoms with Gasteiger partial charge in [0.2, 0.25) is 0 Å². The molecule has 0 aromatic heterocycles. The number of hydrogen-bond acceptors (Lipinski definition) is 3. The molecule has 19 heavy (non-hydrogen) atoms. The molecule has 104 valence electrons. The van der Waals surface area contributed by atoms with E-state index in [1.165, 1.54) is 18.4 Å². The van der Waals surface area contributed by atoms with Crippen LogP contribution in [0.15, 0.2) is 18.2 Å². The highest BCUT2D eigenvalue weighted by atomic mass is 35.5. The Bertz CT molecular complexity index is 448. The SMILES string of the molecule is CC1CN(c2ccc(CNC3CC3)cc2Cl)CCO1. The van der Waals surface area contributed by atoms with Crippen LogP contribution in [0.25, 0.3) is 0 Å². The first-order chi connectivity index (χ1) is 9.22. The van der Waals surface area contributed by atoms with Gasteiger partial charge >= 0.3 is 0 Å². The van der Waals surface area contributed by atoms with Crippen molar-refractivity contribution in [1.29, 1.82) is 0 Å². The van der Waals surface area contributed by atoms with Gasteiger partial charge in [0.1, 0.15) is 0 Å². The fourth-order valence-electron chi connectivity index (χ4n) is 2.50. The third-order valence-corrected chi connectivity index (χ3v) is 4.07. The van der Waals surface area contributed by atoms with Crippen LogP contribution in [0.1, 0.15) is 25.3 Å². The Hall–Kier alpha value is -0.770. The van der Waals surface area contributed by atoms with Crippen molar-refractivity contribution in [3.05, 3.63) is 28.8 Å². The first-order valence-electron chi connectivity index (χ1n) is 7.11. The fourth-order valence-corrected chi connectivity index (χ4v) is 2.83. The first kappa shape index (κ1) is 13.2. The van der Waals surface area contributed by atoms with Crippen molar-refractivity contribution in [3.8, 4) is 0 Å². The Balaban J connectivity index is 1.67. The van der Waals surface area contributed by atoms with Gasteiger partial charge in [-0.1, -0.05) is 17.7 Å². The number of morpholine rings is 1. The summed E-state index contributed by atoms with van der Waals surface area (Å²) in [5, 5.41) is 4.37. The lowest BCUT2D eigenvalue weighted by molar-refractivity contribution is 0.0532. The maximum atomic E-state index is 6.43. The third-order valence-electron chi connectivity index (χ3n) is 3.77. The van der Waals surface area contributed by atoms with Crippen LogP contribution >= 0.6 is 11.6 Å². The molecule has 4 heteroatoms. The molecule has 1 aliphatic heterocycles. The normalized spacial score (nSPS) is 23.7. The Morgan fingerprint density at radius 1 is 1.42 bits per heavy atom. The van der Waals surface area contributed by atoms with Crippen LogP contribution in [0.3, 0.4) is 0 Å². The van der Waals surface area contributed by atoms with Gasteiger partial charge in [0.15, 0.2) is 0 Å². The maximum Gasteiger partial charge on any atom is 0.0722 e. The maximum absolute atomic E-state index is 6.43. The number of nitrogens with one attached hydrogen (secondary N) is 1. The summed E-state index contributed by atoms with van der Waals surface area (Å²) >= 11 is 6.43. The van der Waals surface area contributed by atoms with Gasteiger partial charge in [0, 0.05) is 25.7 Å². The Labute approximate surface area is 119 Å². The van der Waals surface area contributed by atoms with Crippen LogP contribution in [0, 0.1) is 0 Å². The molecule has 1 N–H and O–H groups in total. The molecule has 1 aromatic rings. The third kappa shape index (κ3) is 3.41. The Morgan fingerprint density at radius 3 is 2.95 bits per heavy atom. The zero-order valence-corrected chi connectivity index (χ0v) is 12.1. The lowest BCUT2D eigenvalue weighted by Gasteiger charge is -2.33. The van der Waals surface area contributed by atoms with Crippen LogP contribution in [0.2, 0.25) is 5.02 Å². The summed E-state index contributed by atoms with van der Waals surface area (Å²) in [5.41, 5.74) is 2.40. The van der Waals surface area contributed by atoms with E-state index in [9.17, 15) is 0 Å². The summed E-state index contributed by atoms with van der Waals surface area (Å²) in [6, 6.07) is 7.14. The molecule has 1 saturated carbocycles. The summed E-state index contributed by atoms with van der Waals surface area (Å²) in [6.07, 6.45) is 2.91. The van der Waals surface area contributed by atoms with E-state index in [-0.39, 0.29) is 6.10 Å². The van der Waals surface area contributed by atoms with Gasteiger partial charge < -0.3 is 15.0 Å². The fraction of sp³-hybridized carbons (Fsp3) is 0.600. The highest BCUT2D eigenvalue weighted by Crippen LogP contribution is 2.29. The van der Waals surface area contributed by atoms with Gasteiger partial charge in [-0.15, -0.1) is 0 Å². The molecule has 0 spiro atoms. The Kier molecular flexibility index (Phi) is 3.96. The molecule has 1 aromatic carbocycles. The van der Waals surface area contributed by atoms with Gasteiger partial charge in [-0.25, -0.2) is 0 Å². The second-order valence-electron chi connectivity index (χ2n) is 5.57. The van der Waals surface area contributed by atoms with Gasteiger partial charge in [-0.3, -0.25) is 0 Å².